The van der Waals surface area contributed by atoms with Crippen LogP contribution in [0.4, 0.5) is 0 Å². The van der Waals surface area contributed by atoms with E-state index in [0.29, 0.717) is 28.6 Å². The molecule has 0 fully saturated rings. The van der Waals surface area contributed by atoms with E-state index in [0.717, 1.165) is 15.7 Å². The summed E-state index contributed by atoms with van der Waals surface area (Å²) in [6.07, 6.45) is 0.496. The number of carbonyl (C=O) groups excluding carboxylic acids is 1. The minimum Gasteiger partial charge on any atom is -0.505 e. The normalized spacial score (nSPS) is 10.8. The van der Waals surface area contributed by atoms with Crippen LogP contribution in [0.1, 0.15) is 21.6 Å². The van der Waals surface area contributed by atoms with Crippen molar-refractivity contribution < 1.29 is 14.6 Å². The molecule has 150 valence electrons. The number of ether oxygens (including phenoxy) is 1. The molecule has 0 spiro atoms. The van der Waals surface area contributed by atoms with Crippen molar-refractivity contribution >= 4 is 16.7 Å². The van der Waals surface area contributed by atoms with Crippen LogP contribution in [0.3, 0.4) is 0 Å². The SMILES string of the molecule is COc1ccc(-n2c(C(N)=O)c(O)c3c(Cc4ccccc4)cccc3c2=O)cc1. The van der Waals surface area contributed by atoms with Gasteiger partial charge in [-0.1, -0.05) is 42.5 Å². The Kier molecular flexibility index (Phi) is 4.98. The van der Waals surface area contributed by atoms with E-state index in [1.54, 1.807) is 36.4 Å². The maximum atomic E-state index is 13.4. The lowest BCUT2D eigenvalue weighted by Gasteiger charge is -2.17. The number of methoxy groups -OCH3 is 1. The highest BCUT2D eigenvalue weighted by molar-refractivity contribution is 6.02. The summed E-state index contributed by atoms with van der Waals surface area (Å²) in [6.45, 7) is 0. The number of nitrogens with zero attached hydrogens (tertiary/aromatic N) is 1. The molecule has 1 aromatic heterocycles. The summed E-state index contributed by atoms with van der Waals surface area (Å²) in [7, 11) is 1.53. The van der Waals surface area contributed by atoms with Gasteiger partial charge in [0, 0.05) is 11.1 Å². The smallest absolute Gasteiger partial charge is 0.269 e. The number of hydrogen-bond donors (Lipinski definition) is 2. The van der Waals surface area contributed by atoms with Gasteiger partial charge >= 0.3 is 0 Å². The van der Waals surface area contributed by atoms with E-state index in [2.05, 4.69) is 0 Å². The summed E-state index contributed by atoms with van der Waals surface area (Å²) in [5.41, 5.74) is 7.06. The van der Waals surface area contributed by atoms with E-state index in [9.17, 15) is 14.7 Å². The van der Waals surface area contributed by atoms with E-state index in [1.807, 2.05) is 36.4 Å². The summed E-state index contributed by atoms with van der Waals surface area (Å²) >= 11 is 0. The Balaban J connectivity index is 2.01. The first kappa shape index (κ1) is 19.3. The Labute approximate surface area is 172 Å². The van der Waals surface area contributed by atoms with Crippen LogP contribution >= 0.6 is 0 Å². The van der Waals surface area contributed by atoms with Gasteiger partial charge in [0.1, 0.15) is 5.75 Å². The predicted octanol–water partition coefficient (Wildman–Crippen LogP) is 3.39. The van der Waals surface area contributed by atoms with E-state index >= 15 is 0 Å². The molecule has 6 heteroatoms. The maximum absolute atomic E-state index is 13.4. The number of aromatic hydroxyl groups is 1. The highest BCUT2D eigenvalue weighted by atomic mass is 16.5. The number of hydrogen-bond acceptors (Lipinski definition) is 4. The van der Waals surface area contributed by atoms with Crippen molar-refractivity contribution in [2.24, 2.45) is 5.73 Å². The van der Waals surface area contributed by atoms with Crippen molar-refractivity contribution in [2.75, 3.05) is 7.11 Å². The Morgan fingerprint density at radius 2 is 1.70 bits per heavy atom. The van der Waals surface area contributed by atoms with E-state index in [4.69, 9.17) is 10.5 Å². The molecule has 0 aliphatic heterocycles. The number of nitrogens with two attached hydrogens (primary N) is 1. The summed E-state index contributed by atoms with van der Waals surface area (Å²) in [5.74, 6) is -0.598. The number of aromatic nitrogens is 1. The molecule has 0 saturated carbocycles. The van der Waals surface area contributed by atoms with Crippen molar-refractivity contribution in [1.29, 1.82) is 0 Å². The minimum absolute atomic E-state index is 0.252. The van der Waals surface area contributed by atoms with Gasteiger partial charge in [0.15, 0.2) is 11.4 Å². The average Bonchev–Trinajstić information content (AvgIpc) is 2.76. The van der Waals surface area contributed by atoms with Gasteiger partial charge in [-0.25, -0.2) is 0 Å². The van der Waals surface area contributed by atoms with Crippen molar-refractivity contribution in [2.45, 2.75) is 6.42 Å². The van der Waals surface area contributed by atoms with Crippen molar-refractivity contribution in [1.82, 2.24) is 4.57 Å². The molecular weight excluding hydrogens is 380 g/mol. The zero-order valence-corrected chi connectivity index (χ0v) is 16.3. The number of fused-ring (bicyclic) bond motifs is 1. The Morgan fingerprint density at radius 1 is 1.00 bits per heavy atom. The number of carbonyl (C=O) groups is 1. The molecule has 0 aliphatic rings. The Hall–Kier alpha value is -4.06. The third-order valence-corrected chi connectivity index (χ3v) is 5.07. The fraction of sp³-hybridized carbons (Fsp3) is 0.0833. The summed E-state index contributed by atoms with van der Waals surface area (Å²) < 4.78 is 6.30. The number of pyridine rings is 1. The van der Waals surface area contributed by atoms with Crippen molar-refractivity contribution in [3.8, 4) is 17.2 Å². The first-order valence-corrected chi connectivity index (χ1v) is 9.39. The largest absolute Gasteiger partial charge is 0.505 e. The fourth-order valence-electron chi connectivity index (χ4n) is 3.67. The molecule has 1 heterocycles. The second kappa shape index (κ2) is 7.75. The van der Waals surface area contributed by atoms with Crippen molar-refractivity contribution in [3.63, 3.8) is 0 Å². The molecular formula is C24H20N2O4. The molecule has 3 N–H and O–H groups in total. The van der Waals surface area contributed by atoms with Crippen LogP contribution in [0.2, 0.25) is 0 Å². The lowest BCUT2D eigenvalue weighted by molar-refractivity contribution is 0.0990. The molecule has 3 aromatic carbocycles. The second-order valence-corrected chi connectivity index (χ2v) is 6.90. The highest BCUT2D eigenvalue weighted by Crippen LogP contribution is 2.32. The molecule has 4 aromatic rings. The van der Waals surface area contributed by atoms with Crippen molar-refractivity contribution in [3.05, 3.63) is 100.0 Å². The molecule has 30 heavy (non-hydrogen) atoms. The summed E-state index contributed by atoms with van der Waals surface area (Å²) in [6, 6.07) is 21.5. The number of amides is 1. The molecule has 6 nitrogen and oxygen atoms in total. The van der Waals surface area contributed by atoms with Gasteiger partial charge < -0.3 is 15.6 Å². The van der Waals surface area contributed by atoms with Crippen LogP contribution < -0.4 is 16.0 Å². The highest BCUT2D eigenvalue weighted by Gasteiger charge is 2.23. The first-order chi connectivity index (χ1) is 14.5. The van der Waals surface area contributed by atoms with E-state index in [1.165, 1.54) is 7.11 Å². The van der Waals surface area contributed by atoms with Gasteiger partial charge in [0.25, 0.3) is 11.5 Å². The Morgan fingerprint density at radius 3 is 2.33 bits per heavy atom. The zero-order valence-electron chi connectivity index (χ0n) is 16.3. The molecule has 0 bridgehead atoms. The van der Waals surface area contributed by atoms with Crippen LogP contribution in [-0.4, -0.2) is 22.7 Å². The van der Waals surface area contributed by atoms with Gasteiger partial charge in [-0.2, -0.15) is 0 Å². The third-order valence-electron chi connectivity index (χ3n) is 5.07. The fourth-order valence-corrected chi connectivity index (χ4v) is 3.67. The molecule has 0 radical (unpaired) electrons. The van der Waals surface area contributed by atoms with Crippen LogP contribution in [0.15, 0.2) is 77.6 Å². The van der Waals surface area contributed by atoms with Crippen LogP contribution in [0, 0.1) is 0 Å². The topological polar surface area (TPSA) is 94.6 Å². The van der Waals surface area contributed by atoms with E-state index in [-0.39, 0.29) is 11.4 Å². The quantitative estimate of drug-likeness (QED) is 0.537. The predicted molar refractivity (Wildman–Crippen MR) is 116 cm³/mol. The number of primary amides is 1. The number of benzene rings is 3. The lowest BCUT2D eigenvalue weighted by Crippen LogP contribution is -2.28. The molecule has 0 saturated heterocycles. The van der Waals surface area contributed by atoms with Crippen LogP contribution in [0.5, 0.6) is 11.5 Å². The molecule has 0 aliphatic carbocycles. The van der Waals surface area contributed by atoms with Gasteiger partial charge in [0.05, 0.1) is 12.5 Å². The summed E-state index contributed by atoms with van der Waals surface area (Å²) in [5, 5.41) is 11.7. The summed E-state index contributed by atoms with van der Waals surface area (Å²) in [4.78, 5) is 25.7. The molecule has 0 unspecified atom stereocenters. The zero-order chi connectivity index (χ0) is 21.3. The lowest BCUT2D eigenvalue weighted by atomic mass is 9.97. The first-order valence-electron chi connectivity index (χ1n) is 9.39. The third kappa shape index (κ3) is 3.28. The Bertz CT molecular complexity index is 1290. The monoisotopic (exact) mass is 400 g/mol. The van der Waals surface area contributed by atoms with Gasteiger partial charge in [-0.05, 0) is 47.9 Å². The molecule has 4 rings (SSSR count). The molecule has 1 amide bonds. The molecule has 0 atom stereocenters. The van der Waals surface area contributed by atoms with Gasteiger partial charge in [-0.15, -0.1) is 0 Å². The van der Waals surface area contributed by atoms with Crippen LogP contribution in [-0.2, 0) is 6.42 Å². The number of rotatable bonds is 5. The second-order valence-electron chi connectivity index (χ2n) is 6.90. The van der Waals surface area contributed by atoms with Gasteiger partial charge in [-0.3, -0.25) is 14.2 Å². The maximum Gasteiger partial charge on any atom is 0.269 e. The van der Waals surface area contributed by atoms with E-state index < -0.39 is 11.5 Å². The van der Waals surface area contributed by atoms with Crippen LogP contribution in [0.25, 0.3) is 16.5 Å². The standard InChI is InChI=1S/C24H20N2O4/c1-30-18-12-10-17(11-13-18)26-21(23(25)28)22(27)20-16(8-5-9-19(20)24(26)29)14-15-6-3-2-4-7-15/h2-13,27H,14H2,1H3,(H2,25,28). The minimum atomic E-state index is -0.892. The average molecular weight is 400 g/mol. The van der Waals surface area contributed by atoms with Gasteiger partial charge in [0.2, 0.25) is 0 Å².